The quantitative estimate of drug-likeness (QED) is 0.732. The molecule has 2 heterocycles. The number of hydrogen-bond acceptors (Lipinski definition) is 7. The zero-order valence-electron chi connectivity index (χ0n) is 12.4. The van der Waals surface area contributed by atoms with E-state index in [1.807, 2.05) is 17.5 Å². The van der Waals surface area contributed by atoms with Crippen molar-refractivity contribution in [1.29, 1.82) is 0 Å². The summed E-state index contributed by atoms with van der Waals surface area (Å²) >= 11 is 1.57. The third kappa shape index (κ3) is 4.37. The van der Waals surface area contributed by atoms with E-state index in [0.29, 0.717) is 31.2 Å². The molecule has 0 aliphatic heterocycles. The van der Waals surface area contributed by atoms with E-state index < -0.39 is 0 Å². The van der Waals surface area contributed by atoms with Crippen LogP contribution < -0.4 is 0 Å². The Labute approximate surface area is 127 Å². The minimum absolute atomic E-state index is 0.217. The topological polar surface area (TPSA) is 68.5 Å². The number of thiophene rings is 1. The predicted octanol–water partition coefficient (Wildman–Crippen LogP) is 2.57. The molecule has 2 aromatic rings. The Hall–Kier alpha value is -1.73. The Morgan fingerprint density at radius 1 is 1.52 bits per heavy atom. The number of hydrogen-bond donors (Lipinski definition) is 0. The van der Waals surface area contributed by atoms with Gasteiger partial charge in [0.25, 0.3) is 0 Å². The van der Waals surface area contributed by atoms with Crippen molar-refractivity contribution in [2.45, 2.75) is 32.9 Å². The minimum Gasteiger partial charge on any atom is -0.469 e. The van der Waals surface area contributed by atoms with Gasteiger partial charge in [0.15, 0.2) is 0 Å². The van der Waals surface area contributed by atoms with E-state index in [9.17, 15) is 4.79 Å². The van der Waals surface area contributed by atoms with Crippen molar-refractivity contribution < 1.29 is 14.1 Å². The second-order valence-electron chi connectivity index (χ2n) is 4.88. The summed E-state index contributed by atoms with van der Waals surface area (Å²) < 4.78 is 9.96. The molecule has 2 aromatic heterocycles. The summed E-state index contributed by atoms with van der Waals surface area (Å²) in [6, 6.07) is 4.18. The molecule has 0 fully saturated rings. The third-order valence-corrected chi connectivity index (χ3v) is 3.97. The van der Waals surface area contributed by atoms with Crippen LogP contribution in [0.2, 0.25) is 0 Å². The molecule has 7 heteroatoms. The number of esters is 1. The molecule has 0 unspecified atom stereocenters. The van der Waals surface area contributed by atoms with Gasteiger partial charge < -0.3 is 9.26 Å². The first-order chi connectivity index (χ1) is 10.1. The van der Waals surface area contributed by atoms with E-state index in [2.05, 4.69) is 33.6 Å². The van der Waals surface area contributed by atoms with Crippen molar-refractivity contribution in [2.75, 3.05) is 13.7 Å². The van der Waals surface area contributed by atoms with Gasteiger partial charge in [-0.2, -0.15) is 4.98 Å². The molecule has 2 rings (SSSR count). The number of carbonyl (C=O) groups is 1. The summed E-state index contributed by atoms with van der Waals surface area (Å²) in [5, 5.41) is 5.96. The van der Waals surface area contributed by atoms with E-state index in [0.717, 1.165) is 4.88 Å². The van der Waals surface area contributed by atoms with Gasteiger partial charge in [0.1, 0.15) is 0 Å². The van der Waals surface area contributed by atoms with Gasteiger partial charge in [0.05, 0.1) is 25.0 Å². The first-order valence-electron chi connectivity index (χ1n) is 6.77. The summed E-state index contributed by atoms with van der Waals surface area (Å²) in [4.78, 5) is 18.7. The van der Waals surface area contributed by atoms with Crippen LogP contribution in [0.15, 0.2) is 22.0 Å². The molecule has 0 aliphatic rings. The molecule has 0 saturated heterocycles. The Bertz CT molecular complexity index is 566. The van der Waals surface area contributed by atoms with E-state index in [4.69, 9.17) is 4.52 Å². The number of methoxy groups -OCH3 is 1. The third-order valence-electron chi connectivity index (χ3n) is 3.11. The van der Waals surface area contributed by atoms with Crippen molar-refractivity contribution in [3.63, 3.8) is 0 Å². The summed E-state index contributed by atoms with van der Waals surface area (Å²) in [5.41, 5.74) is 0. The van der Waals surface area contributed by atoms with Gasteiger partial charge >= 0.3 is 5.97 Å². The van der Waals surface area contributed by atoms with Crippen LogP contribution in [0.3, 0.4) is 0 Å². The highest BCUT2D eigenvalue weighted by molar-refractivity contribution is 7.13. The molecule has 0 aliphatic carbocycles. The maximum atomic E-state index is 11.3. The fraction of sp³-hybridized carbons (Fsp3) is 0.500. The monoisotopic (exact) mass is 309 g/mol. The van der Waals surface area contributed by atoms with Crippen molar-refractivity contribution in [3.05, 3.63) is 23.4 Å². The number of rotatable bonds is 7. The summed E-state index contributed by atoms with van der Waals surface area (Å²) in [6.45, 7) is 5.25. The summed E-state index contributed by atoms with van der Waals surface area (Å²) in [5.74, 6) is 0.944. The molecule has 6 nitrogen and oxygen atoms in total. The largest absolute Gasteiger partial charge is 0.469 e. The van der Waals surface area contributed by atoms with Crippen LogP contribution >= 0.6 is 11.3 Å². The van der Waals surface area contributed by atoms with Crippen molar-refractivity contribution >= 4 is 17.3 Å². The van der Waals surface area contributed by atoms with Gasteiger partial charge in [-0.3, -0.25) is 9.69 Å². The highest BCUT2D eigenvalue weighted by atomic mass is 32.1. The van der Waals surface area contributed by atoms with E-state index in [-0.39, 0.29) is 12.0 Å². The van der Waals surface area contributed by atoms with E-state index in [1.54, 1.807) is 11.3 Å². The molecule has 0 atom stereocenters. The Kier molecular flexibility index (Phi) is 5.46. The van der Waals surface area contributed by atoms with Crippen molar-refractivity contribution in [2.24, 2.45) is 0 Å². The lowest BCUT2D eigenvalue weighted by Gasteiger charge is -2.23. The van der Waals surface area contributed by atoms with Gasteiger partial charge in [0.2, 0.25) is 11.7 Å². The van der Waals surface area contributed by atoms with Crippen molar-refractivity contribution in [1.82, 2.24) is 15.0 Å². The van der Waals surface area contributed by atoms with Gasteiger partial charge in [0, 0.05) is 12.6 Å². The number of carbonyl (C=O) groups excluding carboxylic acids is 1. The fourth-order valence-corrected chi connectivity index (χ4v) is 2.50. The van der Waals surface area contributed by atoms with E-state index in [1.165, 1.54) is 7.11 Å². The number of aromatic nitrogens is 2. The van der Waals surface area contributed by atoms with Crippen LogP contribution in [-0.2, 0) is 16.1 Å². The maximum Gasteiger partial charge on any atom is 0.306 e. The summed E-state index contributed by atoms with van der Waals surface area (Å²) in [7, 11) is 1.40. The van der Waals surface area contributed by atoms with Crippen LogP contribution in [0.25, 0.3) is 10.7 Å². The first kappa shape index (κ1) is 15.7. The summed E-state index contributed by atoms with van der Waals surface area (Å²) in [6.07, 6.45) is 0.348. The molecule has 0 amide bonds. The highest BCUT2D eigenvalue weighted by Crippen LogP contribution is 2.21. The minimum atomic E-state index is -0.217. The lowest BCUT2D eigenvalue weighted by atomic mass is 10.3. The average molecular weight is 309 g/mol. The van der Waals surface area contributed by atoms with Gasteiger partial charge in [-0.1, -0.05) is 11.2 Å². The van der Waals surface area contributed by atoms with Gasteiger partial charge in [-0.05, 0) is 25.3 Å². The molecule has 0 N–H and O–H groups in total. The Morgan fingerprint density at radius 3 is 2.95 bits per heavy atom. The molecule has 21 heavy (non-hydrogen) atoms. The second-order valence-corrected chi connectivity index (χ2v) is 5.83. The Balaban J connectivity index is 1.98. The molecule has 0 spiro atoms. The van der Waals surface area contributed by atoms with Gasteiger partial charge in [-0.25, -0.2) is 0 Å². The first-order valence-corrected chi connectivity index (χ1v) is 7.65. The van der Waals surface area contributed by atoms with Gasteiger partial charge in [-0.15, -0.1) is 11.3 Å². The standard InChI is InChI=1S/C14H19N3O3S/c1-10(2)17(7-6-13(18)19-3)9-12-15-14(16-20-12)11-5-4-8-21-11/h4-5,8,10H,6-7,9H2,1-3H3. The van der Waals surface area contributed by atoms with Crippen LogP contribution in [0.4, 0.5) is 0 Å². The second kappa shape index (κ2) is 7.33. The van der Waals surface area contributed by atoms with Crippen molar-refractivity contribution in [3.8, 4) is 10.7 Å². The molecule has 0 saturated carbocycles. The Morgan fingerprint density at radius 2 is 2.33 bits per heavy atom. The molecule has 0 radical (unpaired) electrons. The fourth-order valence-electron chi connectivity index (χ4n) is 1.86. The molecule has 0 aromatic carbocycles. The lowest BCUT2D eigenvalue weighted by Crippen LogP contribution is -2.32. The van der Waals surface area contributed by atoms with Crippen LogP contribution in [0.5, 0.6) is 0 Å². The SMILES string of the molecule is COC(=O)CCN(Cc1nc(-c2cccs2)no1)C(C)C. The number of nitrogens with zero attached hydrogens (tertiary/aromatic N) is 3. The average Bonchev–Trinajstić information content (AvgIpc) is 3.13. The predicted molar refractivity (Wildman–Crippen MR) is 79.8 cm³/mol. The highest BCUT2D eigenvalue weighted by Gasteiger charge is 2.17. The van der Waals surface area contributed by atoms with E-state index >= 15 is 0 Å². The molecule has 0 bridgehead atoms. The lowest BCUT2D eigenvalue weighted by molar-refractivity contribution is -0.141. The van der Waals surface area contributed by atoms with Crippen LogP contribution in [0, 0.1) is 0 Å². The number of ether oxygens (including phenoxy) is 1. The zero-order valence-corrected chi connectivity index (χ0v) is 13.2. The van der Waals surface area contributed by atoms with Crippen LogP contribution in [-0.4, -0.2) is 40.7 Å². The van der Waals surface area contributed by atoms with Crippen LogP contribution in [0.1, 0.15) is 26.2 Å². The maximum absolute atomic E-state index is 11.3. The molecular weight excluding hydrogens is 290 g/mol. The zero-order chi connectivity index (χ0) is 15.2. The normalized spacial score (nSPS) is 11.3. The molecular formula is C14H19N3O3S. The molecule has 114 valence electrons. The smallest absolute Gasteiger partial charge is 0.306 e.